The zero-order chi connectivity index (χ0) is 12.1. The second kappa shape index (κ2) is 5.65. The summed E-state index contributed by atoms with van der Waals surface area (Å²) in [6, 6.07) is 1.76. The predicted octanol–water partition coefficient (Wildman–Crippen LogP) is 0.537. The minimum atomic E-state index is -0.0194. The van der Waals surface area contributed by atoms with E-state index in [1.807, 2.05) is 27.2 Å². The van der Waals surface area contributed by atoms with E-state index in [0.29, 0.717) is 12.2 Å². The maximum atomic E-state index is 11.9. The highest BCUT2D eigenvalue weighted by Gasteiger charge is 2.14. The van der Waals surface area contributed by atoms with Crippen molar-refractivity contribution >= 4 is 5.91 Å². The molecule has 0 aromatic carbocycles. The fraction of sp³-hybridized carbons (Fsp3) is 0.636. The molecule has 0 fully saturated rings. The van der Waals surface area contributed by atoms with Gasteiger partial charge in [-0.3, -0.25) is 9.48 Å². The summed E-state index contributed by atoms with van der Waals surface area (Å²) in [5.41, 5.74) is 0.517. The van der Waals surface area contributed by atoms with E-state index in [1.54, 1.807) is 22.7 Å². The number of nitrogens with zero attached hydrogens (tertiary/aromatic N) is 4. The SMILES string of the molecule is CCn1ccc(C(=O)N(C)CCN(C)C)n1. The first-order chi connectivity index (χ1) is 7.54. The van der Waals surface area contributed by atoms with Crippen LogP contribution in [0.3, 0.4) is 0 Å². The van der Waals surface area contributed by atoms with Gasteiger partial charge in [0.15, 0.2) is 0 Å². The molecule has 5 heteroatoms. The molecule has 0 aliphatic heterocycles. The summed E-state index contributed by atoms with van der Waals surface area (Å²) in [4.78, 5) is 15.7. The lowest BCUT2D eigenvalue weighted by Gasteiger charge is -2.18. The lowest BCUT2D eigenvalue weighted by atomic mass is 10.3. The van der Waals surface area contributed by atoms with Crippen molar-refractivity contribution in [3.63, 3.8) is 0 Å². The monoisotopic (exact) mass is 224 g/mol. The van der Waals surface area contributed by atoms with Crippen molar-refractivity contribution < 1.29 is 4.79 Å². The molecule has 0 saturated heterocycles. The fourth-order valence-electron chi connectivity index (χ4n) is 1.30. The van der Waals surface area contributed by atoms with Crippen molar-refractivity contribution in [1.82, 2.24) is 19.6 Å². The van der Waals surface area contributed by atoms with Gasteiger partial charge in [0.25, 0.3) is 5.91 Å². The molecule has 1 heterocycles. The molecular weight excluding hydrogens is 204 g/mol. The lowest BCUT2D eigenvalue weighted by molar-refractivity contribution is 0.0779. The van der Waals surface area contributed by atoms with Crippen molar-refractivity contribution in [2.24, 2.45) is 0 Å². The van der Waals surface area contributed by atoms with Crippen molar-refractivity contribution in [3.8, 4) is 0 Å². The lowest BCUT2D eigenvalue weighted by Crippen LogP contribution is -2.33. The Kier molecular flexibility index (Phi) is 4.49. The third-order valence-electron chi connectivity index (χ3n) is 2.41. The Bertz CT molecular complexity index is 346. The van der Waals surface area contributed by atoms with Gasteiger partial charge in [-0.1, -0.05) is 0 Å². The molecular formula is C11H20N4O. The second-order valence-electron chi connectivity index (χ2n) is 4.09. The zero-order valence-electron chi connectivity index (χ0n) is 10.5. The highest BCUT2D eigenvalue weighted by Crippen LogP contribution is 2.00. The molecule has 1 amide bonds. The number of hydrogen-bond acceptors (Lipinski definition) is 3. The van der Waals surface area contributed by atoms with Crippen molar-refractivity contribution in [3.05, 3.63) is 18.0 Å². The summed E-state index contributed by atoms with van der Waals surface area (Å²) < 4.78 is 1.76. The van der Waals surface area contributed by atoms with Gasteiger partial charge in [0, 0.05) is 32.9 Å². The van der Waals surface area contributed by atoms with Crippen molar-refractivity contribution in [1.29, 1.82) is 0 Å². The maximum Gasteiger partial charge on any atom is 0.274 e. The van der Waals surface area contributed by atoms with Gasteiger partial charge in [-0.25, -0.2) is 0 Å². The van der Waals surface area contributed by atoms with E-state index in [9.17, 15) is 4.79 Å². The van der Waals surface area contributed by atoms with Crippen LogP contribution in [0, 0.1) is 0 Å². The number of aryl methyl sites for hydroxylation is 1. The van der Waals surface area contributed by atoms with Crippen LogP contribution in [-0.4, -0.2) is 59.7 Å². The highest BCUT2D eigenvalue weighted by molar-refractivity contribution is 5.91. The first-order valence-corrected chi connectivity index (χ1v) is 5.48. The first-order valence-electron chi connectivity index (χ1n) is 5.48. The summed E-state index contributed by atoms with van der Waals surface area (Å²) in [7, 11) is 5.78. The van der Waals surface area contributed by atoms with Gasteiger partial charge < -0.3 is 9.80 Å². The quantitative estimate of drug-likeness (QED) is 0.733. The Hall–Kier alpha value is -1.36. The summed E-state index contributed by atoms with van der Waals surface area (Å²) in [6.07, 6.45) is 1.83. The molecule has 0 unspecified atom stereocenters. The first kappa shape index (κ1) is 12.7. The molecule has 0 aliphatic carbocycles. The Morgan fingerprint density at radius 3 is 2.56 bits per heavy atom. The van der Waals surface area contributed by atoms with Crippen molar-refractivity contribution in [2.45, 2.75) is 13.5 Å². The highest BCUT2D eigenvalue weighted by atomic mass is 16.2. The van der Waals surface area contributed by atoms with Crippen molar-refractivity contribution in [2.75, 3.05) is 34.2 Å². The van der Waals surface area contributed by atoms with E-state index in [4.69, 9.17) is 0 Å². The Morgan fingerprint density at radius 2 is 2.06 bits per heavy atom. The Labute approximate surface area is 96.6 Å². The van der Waals surface area contributed by atoms with Crippen LogP contribution >= 0.6 is 0 Å². The van der Waals surface area contributed by atoms with Crippen LogP contribution in [0.5, 0.6) is 0 Å². The molecule has 0 N–H and O–H groups in total. The number of carbonyl (C=O) groups excluding carboxylic acids is 1. The van der Waals surface area contributed by atoms with Gasteiger partial charge >= 0.3 is 0 Å². The third-order valence-corrected chi connectivity index (χ3v) is 2.41. The number of amides is 1. The average molecular weight is 224 g/mol. The van der Waals surface area contributed by atoms with Crippen LogP contribution in [0.4, 0.5) is 0 Å². The van der Waals surface area contributed by atoms with E-state index in [1.165, 1.54) is 0 Å². The van der Waals surface area contributed by atoms with Gasteiger partial charge in [0.1, 0.15) is 5.69 Å². The van der Waals surface area contributed by atoms with Gasteiger partial charge in [0.05, 0.1) is 0 Å². The van der Waals surface area contributed by atoms with Crippen LogP contribution in [0.2, 0.25) is 0 Å². The minimum absolute atomic E-state index is 0.0194. The maximum absolute atomic E-state index is 11.9. The molecule has 5 nitrogen and oxygen atoms in total. The zero-order valence-corrected chi connectivity index (χ0v) is 10.5. The van der Waals surface area contributed by atoms with Gasteiger partial charge in [-0.2, -0.15) is 5.10 Å². The largest absolute Gasteiger partial charge is 0.339 e. The summed E-state index contributed by atoms with van der Waals surface area (Å²) in [5, 5.41) is 4.19. The summed E-state index contributed by atoms with van der Waals surface area (Å²) in [6.45, 7) is 4.35. The molecule has 16 heavy (non-hydrogen) atoms. The van der Waals surface area contributed by atoms with Crippen LogP contribution in [-0.2, 0) is 6.54 Å². The van der Waals surface area contributed by atoms with Crippen LogP contribution in [0.25, 0.3) is 0 Å². The predicted molar refractivity (Wildman–Crippen MR) is 63.4 cm³/mol. The molecule has 90 valence electrons. The number of likely N-dealkylation sites (N-methyl/N-ethyl adjacent to an activating group) is 2. The molecule has 1 rings (SSSR count). The summed E-state index contributed by atoms with van der Waals surface area (Å²) >= 11 is 0. The van der Waals surface area contributed by atoms with Gasteiger partial charge in [-0.05, 0) is 27.1 Å². The second-order valence-corrected chi connectivity index (χ2v) is 4.09. The molecule has 0 atom stereocenters. The minimum Gasteiger partial charge on any atom is -0.339 e. The number of hydrogen-bond donors (Lipinski definition) is 0. The molecule has 1 aromatic rings. The molecule has 0 spiro atoms. The van der Waals surface area contributed by atoms with E-state index < -0.39 is 0 Å². The topological polar surface area (TPSA) is 41.4 Å². The smallest absolute Gasteiger partial charge is 0.274 e. The molecule has 0 saturated carbocycles. The molecule has 0 bridgehead atoms. The number of rotatable bonds is 5. The fourth-order valence-corrected chi connectivity index (χ4v) is 1.30. The van der Waals surface area contributed by atoms with E-state index >= 15 is 0 Å². The average Bonchev–Trinajstić information content (AvgIpc) is 2.73. The normalized spacial score (nSPS) is 10.8. The van der Waals surface area contributed by atoms with Crippen LogP contribution < -0.4 is 0 Å². The Morgan fingerprint density at radius 1 is 1.38 bits per heavy atom. The van der Waals surface area contributed by atoms with Crippen LogP contribution in [0.15, 0.2) is 12.3 Å². The van der Waals surface area contributed by atoms with Gasteiger partial charge in [0.2, 0.25) is 0 Å². The Balaban J connectivity index is 2.56. The number of carbonyl (C=O) groups is 1. The van der Waals surface area contributed by atoms with E-state index in [0.717, 1.165) is 13.1 Å². The number of aromatic nitrogens is 2. The standard InChI is InChI=1S/C11H20N4O/c1-5-15-7-6-10(12-15)11(16)14(4)9-8-13(2)3/h6-7H,5,8-9H2,1-4H3. The third kappa shape index (κ3) is 3.34. The molecule has 1 aromatic heterocycles. The van der Waals surface area contributed by atoms with E-state index in [-0.39, 0.29) is 5.91 Å². The van der Waals surface area contributed by atoms with Crippen LogP contribution in [0.1, 0.15) is 17.4 Å². The molecule has 0 radical (unpaired) electrons. The van der Waals surface area contributed by atoms with E-state index in [2.05, 4.69) is 10.00 Å². The van der Waals surface area contributed by atoms with Gasteiger partial charge in [-0.15, -0.1) is 0 Å². The molecule has 0 aliphatic rings. The summed E-state index contributed by atoms with van der Waals surface area (Å²) in [5.74, 6) is -0.0194.